The van der Waals surface area contributed by atoms with Crippen molar-refractivity contribution < 1.29 is 49.5 Å². The summed E-state index contributed by atoms with van der Waals surface area (Å²) in [5.74, 6) is -8.98. The van der Waals surface area contributed by atoms with Gasteiger partial charge in [0.25, 0.3) is 0 Å². The van der Waals surface area contributed by atoms with E-state index in [1.165, 1.54) is 19.1 Å². The SMILES string of the molecule is CC(C)C(=O)Nc1ccc(NCC(=O)Nc2ccc3c(c2O)C(=O)C2=C(O)C4(O)C(=O)CC(O)CC4C(O)C2C3(C)C(N)=O)cc1. The third-order valence-corrected chi connectivity index (χ3v) is 9.34. The summed E-state index contributed by atoms with van der Waals surface area (Å²) in [7, 11) is 0. The summed E-state index contributed by atoms with van der Waals surface area (Å²) < 4.78 is 0. The molecule has 0 aliphatic heterocycles. The van der Waals surface area contributed by atoms with E-state index in [1.807, 2.05) is 0 Å². The lowest BCUT2D eigenvalue weighted by Gasteiger charge is -2.53. The number of primary amides is 1. The van der Waals surface area contributed by atoms with Crippen molar-refractivity contribution in [3.8, 4) is 5.75 Å². The highest BCUT2D eigenvalue weighted by Gasteiger charge is 2.66. The molecule has 14 heteroatoms. The van der Waals surface area contributed by atoms with Crippen LogP contribution in [-0.2, 0) is 24.6 Å². The number of ketones is 2. The molecule has 6 unspecified atom stereocenters. The Morgan fingerprint density at radius 2 is 1.63 bits per heavy atom. The van der Waals surface area contributed by atoms with Gasteiger partial charge < -0.3 is 47.2 Å². The highest BCUT2D eigenvalue weighted by Crippen LogP contribution is 2.57. The molecular weight excluding hydrogens is 600 g/mol. The average Bonchev–Trinajstić information content (AvgIpc) is 2.99. The number of carbonyl (C=O) groups is 5. The van der Waals surface area contributed by atoms with Crippen LogP contribution in [0.1, 0.15) is 49.5 Å². The van der Waals surface area contributed by atoms with Gasteiger partial charge in [-0.05, 0) is 49.2 Å². The van der Waals surface area contributed by atoms with E-state index in [2.05, 4.69) is 16.0 Å². The molecule has 2 aromatic carbocycles. The van der Waals surface area contributed by atoms with Gasteiger partial charge in [-0.1, -0.05) is 19.9 Å². The van der Waals surface area contributed by atoms with E-state index >= 15 is 0 Å². The fraction of sp³-hybridized carbons (Fsp3) is 0.406. The number of aromatic hydroxyl groups is 1. The van der Waals surface area contributed by atoms with E-state index in [1.54, 1.807) is 38.1 Å². The molecule has 2 aromatic rings. The first-order valence-electron chi connectivity index (χ1n) is 14.7. The number of carbonyl (C=O) groups excluding carboxylic acids is 5. The zero-order chi connectivity index (χ0) is 33.9. The highest BCUT2D eigenvalue weighted by molar-refractivity contribution is 6.18. The Morgan fingerprint density at radius 1 is 1.00 bits per heavy atom. The largest absolute Gasteiger partial charge is 0.508 e. The number of anilines is 3. The smallest absolute Gasteiger partial charge is 0.243 e. The molecule has 0 aromatic heterocycles. The van der Waals surface area contributed by atoms with Crippen molar-refractivity contribution in [1.82, 2.24) is 0 Å². The molecule has 10 N–H and O–H groups in total. The van der Waals surface area contributed by atoms with Gasteiger partial charge in [0, 0.05) is 41.1 Å². The summed E-state index contributed by atoms with van der Waals surface area (Å²) in [6.07, 6.45) is -3.88. The van der Waals surface area contributed by atoms with Gasteiger partial charge in [0.05, 0.1) is 35.4 Å². The molecular formula is C32H36N4O10. The molecule has 0 bridgehead atoms. The summed E-state index contributed by atoms with van der Waals surface area (Å²) in [5, 5.41) is 63.6. The number of phenols is 1. The third kappa shape index (κ3) is 4.98. The number of Topliss-reactive ketones (excluding diaryl/α,β-unsaturated/α-hetero) is 2. The van der Waals surface area contributed by atoms with Gasteiger partial charge >= 0.3 is 0 Å². The van der Waals surface area contributed by atoms with E-state index in [0.29, 0.717) is 11.4 Å². The van der Waals surface area contributed by atoms with Gasteiger partial charge in [-0.2, -0.15) is 0 Å². The van der Waals surface area contributed by atoms with Crippen molar-refractivity contribution in [3.05, 3.63) is 58.9 Å². The van der Waals surface area contributed by atoms with Crippen LogP contribution in [0, 0.1) is 17.8 Å². The van der Waals surface area contributed by atoms with Crippen molar-refractivity contribution in [3.63, 3.8) is 0 Å². The standard InChI is InChI=1S/C32H36N4O10/c1-13(2)29(44)35-15-6-4-14(5-7-15)34-12-21(39)36-19-9-8-17-22(26(19)41)27(42)23-24(31(17,3)30(33)45)25(40)18-10-16(37)11-20(38)32(18,46)28(23)43/h4-9,13,16,18,24-25,34,37,40-41,43,46H,10-12H2,1-3H3,(H2,33,45)(H,35,44)(H,36,39). The topological polar surface area (TPSA) is 249 Å². The van der Waals surface area contributed by atoms with Gasteiger partial charge in [0.1, 0.15) is 5.76 Å². The molecule has 0 radical (unpaired) electrons. The Hall–Kier alpha value is -4.79. The average molecular weight is 637 g/mol. The van der Waals surface area contributed by atoms with Crippen molar-refractivity contribution >= 4 is 46.4 Å². The number of amides is 3. The summed E-state index contributed by atoms with van der Waals surface area (Å²) in [5.41, 5.74) is 0.769. The summed E-state index contributed by atoms with van der Waals surface area (Å²) in [4.78, 5) is 64.6. The zero-order valence-corrected chi connectivity index (χ0v) is 25.3. The first-order chi connectivity index (χ1) is 21.5. The van der Waals surface area contributed by atoms with Crippen molar-refractivity contribution in [1.29, 1.82) is 0 Å². The molecule has 5 rings (SSSR count). The third-order valence-electron chi connectivity index (χ3n) is 9.34. The van der Waals surface area contributed by atoms with E-state index in [9.17, 15) is 49.5 Å². The van der Waals surface area contributed by atoms with E-state index in [0.717, 1.165) is 0 Å². The Kier molecular flexibility index (Phi) is 8.17. The van der Waals surface area contributed by atoms with Crippen molar-refractivity contribution in [2.75, 3.05) is 22.5 Å². The molecule has 0 heterocycles. The summed E-state index contributed by atoms with van der Waals surface area (Å²) in [6, 6.07) is 9.13. The number of hydrogen-bond acceptors (Lipinski definition) is 11. The van der Waals surface area contributed by atoms with Gasteiger partial charge in [0.2, 0.25) is 17.7 Å². The zero-order valence-electron chi connectivity index (χ0n) is 25.3. The molecule has 244 valence electrons. The normalized spacial score (nSPS) is 28.6. The number of nitrogens with two attached hydrogens (primary N) is 1. The maximum absolute atomic E-state index is 13.9. The number of benzene rings is 2. The fourth-order valence-corrected chi connectivity index (χ4v) is 6.73. The van der Waals surface area contributed by atoms with Crippen LogP contribution < -0.4 is 21.7 Å². The van der Waals surface area contributed by atoms with Crippen LogP contribution in [0.4, 0.5) is 17.1 Å². The lowest BCUT2D eigenvalue weighted by Crippen LogP contribution is -2.66. The number of hydrogen-bond donors (Lipinski definition) is 9. The molecule has 3 amide bonds. The Bertz CT molecular complexity index is 1690. The Labute approximate surface area is 263 Å². The Morgan fingerprint density at radius 3 is 2.24 bits per heavy atom. The number of aliphatic hydroxyl groups is 4. The number of nitrogens with one attached hydrogen (secondary N) is 3. The highest BCUT2D eigenvalue weighted by atomic mass is 16.4. The van der Waals surface area contributed by atoms with Crippen molar-refractivity contribution in [2.45, 2.75) is 56.8 Å². The van der Waals surface area contributed by atoms with Gasteiger partial charge in [-0.25, -0.2) is 0 Å². The molecule has 3 aliphatic rings. The lowest BCUT2D eigenvalue weighted by molar-refractivity contribution is -0.171. The van der Waals surface area contributed by atoms with Crippen LogP contribution in [0.25, 0.3) is 0 Å². The number of rotatable bonds is 7. The minimum atomic E-state index is -2.72. The second-order valence-corrected chi connectivity index (χ2v) is 12.5. The molecule has 1 fully saturated rings. The van der Waals surface area contributed by atoms with Crippen LogP contribution >= 0.6 is 0 Å². The maximum Gasteiger partial charge on any atom is 0.243 e. The lowest BCUT2D eigenvalue weighted by atomic mass is 9.51. The predicted octanol–water partition coefficient (Wildman–Crippen LogP) is 0.851. The van der Waals surface area contributed by atoms with E-state index < -0.39 is 87.5 Å². The van der Waals surface area contributed by atoms with Crippen LogP contribution in [0.2, 0.25) is 0 Å². The second kappa shape index (κ2) is 11.5. The second-order valence-electron chi connectivity index (χ2n) is 12.5. The fourth-order valence-electron chi connectivity index (χ4n) is 6.73. The van der Waals surface area contributed by atoms with Crippen LogP contribution in [0.3, 0.4) is 0 Å². The van der Waals surface area contributed by atoms with Crippen LogP contribution in [0.15, 0.2) is 47.7 Å². The maximum atomic E-state index is 13.9. The first-order valence-corrected chi connectivity index (χ1v) is 14.7. The van der Waals surface area contributed by atoms with Gasteiger partial charge in [0.15, 0.2) is 22.9 Å². The predicted molar refractivity (Wildman–Crippen MR) is 164 cm³/mol. The van der Waals surface area contributed by atoms with Crippen LogP contribution in [-0.4, -0.2) is 79.2 Å². The van der Waals surface area contributed by atoms with Crippen LogP contribution in [0.5, 0.6) is 5.75 Å². The summed E-state index contributed by atoms with van der Waals surface area (Å²) >= 11 is 0. The molecule has 3 aliphatic carbocycles. The Balaban J connectivity index is 1.45. The number of fused-ring (bicyclic) bond motifs is 3. The quantitative estimate of drug-likeness (QED) is 0.193. The molecule has 0 saturated heterocycles. The molecule has 14 nitrogen and oxygen atoms in total. The minimum absolute atomic E-state index is 0.100. The van der Waals surface area contributed by atoms with E-state index in [-0.39, 0.29) is 36.0 Å². The first kappa shape index (κ1) is 32.6. The van der Waals surface area contributed by atoms with E-state index in [4.69, 9.17) is 5.73 Å². The van der Waals surface area contributed by atoms with Crippen molar-refractivity contribution in [2.24, 2.45) is 23.5 Å². The number of phenolic OH excluding ortho intramolecular Hbond substituents is 1. The molecule has 0 spiro atoms. The molecule has 1 saturated carbocycles. The molecule has 46 heavy (non-hydrogen) atoms. The van der Waals surface area contributed by atoms with Gasteiger partial charge in [-0.3, -0.25) is 24.0 Å². The van der Waals surface area contributed by atoms with Gasteiger partial charge in [-0.15, -0.1) is 0 Å². The monoisotopic (exact) mass is 636 g/mol. The minimum Gasteiger partial charge on any atom is -0.508 e. The number of aliphatic hydroxyl groups excluding tert-OH is 3. The summed E-state index contributed by atoms with van der Waals surface area (Å²) in [6.45, 7) is 4.55. The molecule has 6 atom stereocenters.